The molecule has 3 N–H and O–H groups in total. The summed E-state index contributed by atoms with van der Waals surface area (Å²) in [6, 6.07) is -1.28. The predicted octanol–water partition coefficient (Wildman–Crippen LogP) is 0.209. The smallest absolute Gasteiger partial charge is 0.422 e. The van der Waals surface area contributed by atoms with Crippen molar-refractivity contribution in [3.05, 3.63) is 0 Å². The molecule has 106 valence electrons. The first-order valence-corrected chi connectivity index (χ1v) is 6.89. The fourth-order valence-corrected chi connectivity index (χ4v) is 2.01. The van der Waals surface area contributed by atoms with Gasteiger partial charge in [-0.05, 0) is 20.3 Å². The molecule has 0 aliphatic heterocycles. The van der Waals surface area contributed by atoms with Gasteiger partial charge in [-0.2, -0.15) is 13.1 Å². The third-order valence-corrected chi connectivity index (χ3v) is 2.76. The lowest BCUT2D eigenvalue weighted by Crippen LogP contribution is -2.48. The van der Waals surface area contributed by atoms with Crippen LogP contribution in [0.4, 0.5) is 4.79 Å². The van der Waals surface area contributed by atoms with Gasteiger partial charge in [-0.25, -0.2) is 9.52 Å². The van der Waals surface area contributed by atoms with Crippen LogP contribution in [0.15, 0.2) is 0 Å². The summed E-state index contributed by atoms with van der Waals surface area (Å²) in [4.78, 5) is 21.8. The van der Waals surface area contributed by atoms with Gasteiger partial charge in [0.2, 0.25) is 0 Å². The monoisotopic (exact) mass is 282 g/mol. The number of carboxylic acid groups (broad SMARTS) is 1. The zero-order chi connectivity index (χ0) is 14.3. The SMILES string of the molecule is CCC[C@H](NS(=O)(=O)NC(=O)OC(C)C)C(=O)O. The van der Waals surface area contributed by atoms with Crippen LogP contribution in [0.25, 0.3) is 0 Å². The van der Waals surface area contributed by atoms with Crippen LogP contribution < -0.4 is 9.44 Å². The normalized spacial score (nSPS) is 13.1. The summed E-state index contributed by atoms with van der Waals surface area (Å²) in [5, 5.41) is 8.78. The van der Waals surface area contributed by atoms with E-state index < -0.39 is 34.4 Å². The highest BCUT2D eigenvalue weighted by molar-refractivity contribution is 7.88. The van der Waals surface area contributed by atoms with Crippen LogP contribution in [0.3, 0.4) is 0 Å². The van der Waals surface area contributed by atoms with Gasteiger partial charge in [0.15, 0.2) is 0 Å². The topological polar surface area (TPSA) is 122 Å². The summed E-state index contributed by atoms with van der Waals surface area (Å²) in [6.45, 7) is 4.82. The van der Waals surface area contributed by atoms with Crippen molar-refractivity contribution >= 4 is 22.3 Å². The summed E-state index contributed by atoms with van der Waals surface area (Å²) < 4.78 is 30.8. The number of carboxylic acids is 1. The minimum atomic E-state index is -4.25. The van der Waals surface area contributed by atoms with Gasteiger partial charge < -0.3 is 9.84 Å². The predicted molar refractivity (Wildman–Crippen MR) is 63.1 cm³/mol. The zero-order valence-corrected chi connectivity index (χ0v) is 11.3. The van der Waals surface area contributed by atoms with Crippen molar-refractivity contribution in [2.45, 2.75) is 45.8 Å². The first kappa shape index (κ1) is 16.6. The maximum absolute atomic E-state index is 11.4. The number of aliphatic carboxylic acids is 1. The average Bonchev–Trinajstić information content (AvgIpc) is 2.13. The number of hydrogen-bond donors (Lipinski definition) is 3. The molecule has 8 nitrogen and oxygen atoms in total. The fourth-order valence-electron chi connectivity index (χ4n) is 1.09. The van der Waals surface area contributed by atoms with Crippen LogP contribution in [0.1, 0.15) is 33.6 Å². The van der Waals surface area contributed by atoms with E-state index in [2.05, 4.69) is 4.74 Å². The Morgan fingerprint density at radius 1 is 1.33 bits per heavy atom. The van der Waals surface area contributed by atoms with Gasteiger partial charge in [-0.15, -0.1) is 0 Å². The molecule has 0 radical (unpaired) electrons. The van der Waals surface area contributed by atoms with Gasteiger partial charge in [0.1, 0.15) is 6.04 Å². The molecule has 0 unspecified atom stereocenters. The summed E-state index contributed by atoms with van der Waals surface area (Å²) in [6.07, 6.45) is -1.03. The van der Waals surface area contributed by atoms with E-state index >= 15 is 0 Å². The second-order valence-corrected chi connectivity index (χ2v) is 5.30. The van der Waals surface area contributed by atoms with Crippen molar-refractivity contribution in [1.29, 1.82) is 0 Å². The third-order valence-electron chi connectivity index (χ3n) is 1.73. The Bertz CT molecular complexity index is 392. The maximum atomic E-state index is 11.4. The van der Waals surface area contributed by atoms with Crippen molar-refractivity contribution in [2.24, 2.45) is 0 Å². The molecule has 0 saturated heterocycles. The number of ether oxygens (including phenoxy) is 1. The Morgan fingerprint density at radius 3 is 2.28 bits per heavy atom. The van der Waals surface area contributed by atoms with Gasteiger partial charge in [-0.1, -0.05) is 13.3 Å². The summed E-state index contributed by atoms with van der Waals surface area (Å²) >= 11 is 0. The molecule has 1 amide bonds. The van der Waals surface area contributed by atoms with E-state index in [9.17, 15) is 18.0 Å². The number of hydrogen-bond acceptors (Lipinski definition) is 5. The van der Waals surface area contributed by atoms with Crippen molar-refractivity contribution in [2.75, 3.05) is 0 Å². The van der Waals surface area contributed by atoms with Crippen LogP contribution >= 0.6 is 0 Å². The fraction of sp³-hybridized carbons (Fsp3) is 0.778. The first-order valence-electron chi connectivity index (χ1n) is 5.41. The van der Waals surface area contributed by atoms with Gasteiger partial charge in [0, 0.05) is 0 Å². The van der Waals surface area contributed by atoms with Crippen LogP contribution in [0.5, 0.6) is 0 Å². The summed E-state index contributed by atoms with van der Waals surface area (Å²) in [7, 11) is -4.25. The van der Waals surface area contributed by atoms with Crippen LogP contribution in [-0.4, -0.2) is 37.7 Å². The van der Waals surface area contributed by atoms with Crippen molar-refractivity contribution in [1.82, 2.24) is 9.44 Å². The van der Waals surface area contributed by atoms with E-state index in [1.54, 1.807) is 25.5 Å². The molecule has 0 aromatic heterocycles. The van der Waals surface area contributed by atoms with E-state index in [0.717, 1.165) is 0 Å². The quantitative estimate of drug-likeness (QED) is 0.613. The minimum Gasteiger partial charge on any atom is -0.480 e. The lowest BCUT2D eigenvalue weighted by Gasteiger charge is -2.15. The van der Waals surface area contributed by atoms with E-state index in [-0.39, 0.29) is 6.42 Å². The Hall–Kier alpha value is -1.35. The maximum Gasteiger partial charge on any atom is 0.422 e. The zero-order valence-electron chi connectivity index (χ0n) is 10.5. The van der Waals surface area contributed by atoms with Gasteiger partial charge in [-0.3, -0.25) is 4.79 Å². The average molecular weight is 282 g/mol. The van der Waals surface area contributed by atoms with Crippen molar-refractivity contribution in [3.63, 3.8) is 0 Å². The molecular weight excluding hydrogens is 264 g/mol. The molecule has 0 aliphatic rings. The van der Waals surface area contributed by atoms with Gasteiger partial charge >= 0.3 is 22.3 Å². The molecule has 0 aliphatic carbocycles. The molecule has 0 saturated carbocycles. The second-order valence-electron chi connectivity index (χ2n) is 3.86. The van der Waals surface area contributed by atoms with E-state index in [1.807, 2.05) is 4.72 Å². The molecule has 0 bridgehead atoms. The minimum absolute atomic E-state index is 0.121. The lowest BCUT2D eigenvalue weighted by molar-refractivity contribution is -0.139. The largest absolute Gasteiger partial charge is 0.480 e. The molecule has 0 rings (SSSR count). The number of amides is 1. The number of carbonyl (C=O) groups is 2. The molecule has 0 aromatic rings. The lowest BCUT2D eigenvalue weighted by atomic mass is 10.2. The Labute approximate surface area is 106 Å². The summed E-state index contributed by atoms with van der Waals surface area (Å²) in [5.74, 6) is -1.31. The number of nitrogens with one attached hydrogen (secondary N) is 2. The molecule has 0 fully saturated rings. The molecule has 18 heavy (non-hydrogen) atoms. The molecule has 0 aromatic carbocycles. The number of carbonyl (C=O) groups excluding carboxylic acids is 1. The van der Waals surface area contributed by atoms with E-state index in [1.165, 1.54) is 0 Å². The number of rotatable bonds is 7. The highest BCUT2D eigenvalue weighted by Crippen LogP contribution is 1.99. The van der Waals surface area contributed by atoms with Crippen molar-refractivity contribution in [3.8, 4) is 0 Å². The van der Waals surface area contributed by atoms with Gasteiger partial charge in [0.05, 0.1) is 6.10 Å². The third kappa shape index (κ3) is 7.07. The standard InChI is InChI=1S/C9H18N2O6S/c1-4-5-7(8(12)13)10-18(15,16)11-9(14)17-6(2)3/h6-7,10H,4-5H2,1-3H3,(H,11,14)(H,12,13)/t7-/m0/s1. The molecule has 9 heteroatoms. The first-order chi connectivity index (χ1) is 8.18. The van der Waals surface area contributed by atoms with Crippen LogP contribution in [-0.2, 0) is 19.7 Å². The van der Waals surface area contributed by atoms with E-state index in [0.29, 0.717) is 6.42 Å². The van der Waals surface area contributed by atoms with E-state index in [4.69, 9.17) is 5.11 Å². The highest BCUT2D eigenvalue weighted by Gasteiger charge is 2.25. The Balaban J connectivity index is 4.54. The van der Waals surface area contributed by atoms with Crippen LogP contribution in [0.2, 0.25) is 0 Å². The summed E-state index contributed by atoms with van der Waals surface area (Å²) in [5.41, 5.74) is 0. The Morgan fingerprint density at radius 2 is 1.89 bits per heavy atom. The Kier molecular flexibility index (Phi) is 6.63. The van der Waals surface area contributed by atoms with Gasteiger partial charge in [0.25, 0.3) is 0 Å². The molecule has 1 atom stereocenters. The highest BCUT2D eigenvalue weighted by atomic mass is 32.2. The molecule has 0 heterocycles. The molecule has 0 spiro atoms. The second kappa shape index (κ2) is 7.17. The van der Waals surface area contributed by atoms with Crippen LogP contribution in [0, 0.1) is 0 Å². The molecular formula is C9H18N2O6S. The van der Waals surface area contributed by atoms with Crippen molar-refractivity contribution < 1.29 is 27.9 Å².